The molecular formula is C21H26FN3O4S. The average molecular weight is 436 g/mol. The lowest BCUT2D eigenvalue weighted by atomic mass is 10.2. The summed E-state index contributed by atoms with van der Waals surface area (Å²) in [6.45, 7) is 5.41. The van der Waals surface area contributed by atoms with Crippen molar-refractivity contribution >= 4 is 21.6 Å². The molecule has 0 aromatic heterocycles. The van der Waals surface area contributed by atoms with Crippen molar-refractivity contribution in [3.8, 4) is 5.75 Å². The topological polar surface area (TPSA) is 78.9 Å². The SMILES string of the molecule is COc1ccc(S(=O)(=O)N[C@H](C)C(=O)N2CCN(c3ccc(F)cc3)CC2)cc1C. The molecule has 1 aliphatic rings. The fraction of sp³-hybridized carbons (Fsp3) is 0.381. The largest absolute Gasteiger partial charge is 0.496 e. The smallest absolute Gasteiger partial charge is 0.241 e. The summed E-state index contributed by atoms with van der Waals surface area (Å²) in [4.78, 5) is 16.6. The van der Waals surface area contributed by atoms with Crippen LogP contribution in [0.15, 0.2) is 47.4 Å². The van der Waals surface area contributed by atoms with Crippen LogP contribution in [0, 0.1) is 12.7 Å². The molecule has 30 heavy (non-hydrogen) atoms. The Morgan fingerprint density at radius 1 is 1.10 bits per heavy atom. The van der Waals surface area contributed by atoms with Crippen molar-refractivity contribution in [2.45, 2.75) is 24.8 Å². The van der Waals surface area contributed by atoms with Crippen molar-refractivity contribution in [2.75, 3.05) is 38.2 Å². The third kappa shape index (κ3) is 4.91. The molecule has 0 saturated carbocycles. The minimum Gasteiger partial charge on any atom is -0.496 e. The van der Waals surface area contributed by atoms with Gasteiger partial charge < -0.3 is 14.5 Å². The van der Waals surface area contributed by atoms with Gasteiger partial charge in [-0.05, 0) is 61.9 Å². The number of hydrogen-bond donors (Lipinski definition) is 1. The highest BCUT2D eigenvalue weighted by Gasteiger charge is 2.28. The number of amides is 1. The van der Waals surface area contributed by atoms with Gasteiger partial charge in [0.25, 0.3) is 0 Å². The van der Waals surface area contributed by atoms with Gasteiger partial charge in [-0.25, -0.2) is 12.8 Å². The van der Waals surface area contributed by atoms with Crippen LogP contribution in [0.2, 0.25) is 0 Å². The van der Waals surface area contributed by atoms with Gasteiger partial charge in [0, 0.05) is 31.9 Å². The van der Waals surface area contributed by atoms with Crippen LogP contribution in [0.25, 0.3) is 0 Å². The number of rotatable bonds is 6. The average Bonchev–Trinajstić information content (AvgIpc) is 2.73. The number of benzene rings is 2. The van der Waals surface area contributed by atoms with Crippen molar-refractivity contribution in [1.82, 2.24) is 9.62 Å². The monoisotopic (exact) mass is 435 g/mol. The maximum absolute atomic E-state index is 13.1. The summed E-state index contributed by atoms with van der Waals surface area (Å²) < 4.78 is 46.1. The number of piperazine rings is 1. The Balaban J connectivity index is 1.60. The van der Waals surface area contributed by atoms with E-state index >= 15 is 0 Å². The number of nitrogens with zero attached hydrogens (tertiary/aromatic N) is 2. The molecule has 1 amide bonds. The molecule has 162 valence electrons. The Labute approximate surface area is 176 Å². The highest BCUT2D eigenvalue weighted by atomic mass is 32.2. The van der Waals surface area contributed by atoms with Crippen molar-refractivity contribution in [1.29, 1.82) is 0 Å². The van der Waals surface area contributed by atoms with E-state index in [2.05, 4.69) is 9.62 Å². The number of sulfonamides is 1. The van der Waals surface area contributed by atoms with Gasteiger partial charge in [-0.2, -0.15) is 4.72 Å². The van der Waals surface area contributed by atoms with Crippen molar-refractivity contribution < 1.29 is 22.3 Å². The van der Waals surface area contributed by atoms with Crippen molar-refractivity contribution in [3.63, 3.8) is 0 Å². The Morgan fingerprint density at radius 3 is 2.30 bits per heavy atom. The summed E-state index contributed by atoms with van der Waals surface area (Å²) in [5.41, 5.74) is 1.59. The summed E-state index contributed by atoms with van der Waals surface area (Å²) in [5.74, 6) is 0.0281. The first-order chi connectivity index (χ1) is 14.2. The minimum atomic E-state index is -3.85. The molecule has 1 atom stereocenters. The zero-order valence-corrected chi connectivity index (χ0v) is 18.1. The van der Waals surface area contributed by atoms with Crippen molar-refractivity contribution in [3.05, 3.63) is 53.8 Å². The van der Waals surface area contributed by atoms with Crippen LogP contribution in [0.3, 0.4) is 0 Å². The molecule has 0 unspecified atom stereocenters. The molecular weight excluding hydrogens is 409 g/mol. The number of halogens is 1. The third-order valence-corrected chi connectivity index (χ3v) is 6.70. The van der Waals surface area contributed by atoms with Crippen LogP contribution < -0.4 is 14.4 Å². The van der Waals surface area contributed by atoms with Crippen molar-refractivity contribution in [2.24, 2.45) is 0 Å². The van der Waals surface area contributed by atoms with Crippen LogP contribution in [-0.4, -0.2) is 58.6 Å². The lowest BCUT2D eigenvalue weighted by Crippen LogP contribution is -2.54. The lowest BCUT2D eigenvalue weighted by molar-refractivity contribution is -0.132. The van der Waals surface area contributed by atoms with Gasteiger partial charge in [-0.1, -0.05) is 0 Å². The standard InChI is InChI=1S/C21H26FN3O4S/c1-15-14-19(8-9-20(15)29-3)30(27,28)23-16(2)21(26)25-12-10-24(11-13-25)18-6-4-17(22)5-7-18/h4-9,14,16,23H,10-13H2,1-3H3/t16-/m1/s1. The number of hydrogen-bond acceptors (Lipinski definition) is 5. The molecule has 1 aliphatic heterocycles. The van der Waals surface area contributed by atoms with E-state index in [1.54, 1.807) is 36.9 Å². The molecule has 0 radical (unpaired) electrons. The molecule has 0 aliphatic carbocycles. The predicted octanol–water partition coefficient (Wildman–Crippen LogP) is 2.16. The first-order valence-corrected chi connectivity index (χ1v) is 11.2. The highest BCUT2D eigenvalue weighted by Crippen LogP contribution is 2.22. The quantitative estimate of drug-likeness (QED) is 0.752. The summed E-state index contributed by atoms with van der Waals surface area (Å²) in [7, 11) is -2.33. The number of anilines is 1. The predicted molar refractivity (Wildman–Crippen MR) is 113 cm³/mol. The molecule has 9 heteroatoms. The van der Waals surface area contributed by atoms with E-state index in [0.717, 1.165) is 5.69 Å². The molecule has 1 N–H and O–H groups in total. The molecule has 7 nitrogen and oxygen atoms in total. The van der Waals surface area contributed by atoms with Crippen LogP contribution >= 0.6 is 0 Å². The second-order valence-corrected chi connectivity index (χ2v) is 8.98. The summed E-state index contributed by atoms with van der Waals surface area (Å²) in [6, 6.07) is 9.89. The molecule has 3 rings (SSSR count). The number of ether oxygens (including phenoxy) is 1. The molecule has 0 bridgehead atoms. The molecule has 2 aromatic carbocycles. The van der Waals surface area contributed by atoms with Gasteiger partial charge in [0.1, 0.15) is 11.6 Å². The fourth-order valence-electron chi connectivity index (χ4n) is 3.48. The van der Waals surface area contributed by atoms with Gasteiger partial charge in [-0.15, -0.1) is 0 Å². The highest BCUT2D eigenvalue weighted by molar-refractivity contribution is 7.89. The van der Waals surface area contributed by atoms with E-state index in [4.69, 9.17) is 4.74 Å². The maximum atomic E-state index is 13.1. The third-order valence-electron chi connectivity index (χ3n) is 5.16. The summed E-state index contributed by atoms with van der Waals surface area (Å²) >= 11 is 0. The van der Waals surface area contributed by atoms with E-state index in [1.165, 1.54) is 31.4 Å². The van der Waals surface area contributed by atoms with Gasteiger partial charge in [0.2, 0.25) is 15.9 Å². The van der Waals surface area contributed by atoms with E-state index in [1.807, 2.05) is 0 Å². The molecule has 1 saturated heterocycles. The zero-order valence-electron chi connectivity index (χ0n) is 17.3. The fourth-order valence-corrected chi connectivity index (χ4v) is 4.76. The van der Waals surface area contributed by atoms with Gasteiger partial charge in [-0.3, -0.25) is 4.79 Å². The van der Waals surface area contributed by atoms with E-state index in [9.17, 15) is 17.6 Å². The van der Waals surface area contributed by atoms with Gasteiger partial charge in [0.05, 0.1) is 18.0 Å². The number of carbonyl (C=O) groups is 1. The van der Waals surface area contributed by atoms with Crippen LogP contribution in [0.5, 0.6) is 5.75 Å². The first kappa shape index (κ1) is 22.0. The van der Waals surface area contributed by atoms with Crippen LogP contribution in [-0.2, 0) is 14.8 Å². The normalized spacial score (nSPS) is 15.7. The second-order valence-electron chi connectivity index (χ2n) is 7.26. The van der Waals surface area contributed by atoms with Gasteiger partial charge >= 0.3 is 0 Å². The summed E-state index contributed by atoms with van der Waals surface area (Å²) in [6.07, 6.45) is 0. The Kier molecular flexibility index (Phi) is 6.62. The number of methoxy groups -OCH3 is 1. The maximum Gasteiger partial charge on any atom is 0.241 e. The van der Waals surface area contributed by atoms with Gasteiger partial charge in [0.15, 0.2) is 0 Å². The summed E-state index contributed by atoms with van der Waals surface area (Å²) in [5, 5.41) is 0. The Morgan fingerprint density at radius 2 is 1.73 bits per heavy atom. The minimum absolute atomic E-state index is 0.0848. The zero-order chi connectivity index (χ0) is 21.9. The number of aryl methyl sites for hydroxylation is 1. The molecule has 2 aromatic rings. The van der Waals surface area contributed by atoms with Crippen LogP contribution in [0.4, 0.5) is 10.1 Å². The Hall–Kier alpha value is -2.65. The van der Waals surface area contributed by atoms with E-state index in [-0.39, 0.29) is 16.6 Å². The molecule has 1 fully saturated rings. The number of nitrogens with one attached hydrogen (secondary N) is 1. The van der Waals surface area contributed by atoms with E-state index in [0.29, 0.717) is 37.5 Å². The molecule has 0 spiro atoms. The Bertz CT molecular complexity index is 1000. The second kappa shape index (κ2) is 9.01. The lowest BCUT2D eigenvalue weighted by Gasteiger charge is -2.37. The first-order valence-electron chi connectivity index (χ1n) is 9.67. The molecule has 1 heterocycles. The van der Waals surface area contributed by atoms with Crippen LogP contribution in [0.1, 0.15) is 12.5 Å². The number of carbonyl (C=O) groups excluding carboxylic acids is 1. The van der Waals surface area contributed by atoms with E-state index < -0.39 is 16.1 Å².